The van der Waals surface area contributed by atoms with Gasteiger partial charge in [-0.2, -0.15) is 0 Å². The Bertz CT molecular complexity index is 1450. The number of carbonyl (C=O) groups excluding carboxylic acids is 2. The zero-order valence-corrected chi connectivity index (χ0v) is 25.8. The Labute approximate surface area is 249 Å². The molecule has 0 radical (unpaired) electrons. The fourth-order valence-electron chi connectivity index (χ4n) is 4.75. The van der Waals surface area contributed by atoms with Gasteiger partial charge in [-0.15, -0.1) is 0 Å². The normalized spacial score (nSPS) is 12.0. The predicted octanol–water partition coefficient (Wildman–Crippen LogP) is 5.55. The number of hydrogen-bond donors (Lipinski definition) is 1. The third-order valence-corrected chi connectivity index (χ3v) is 8.52. The summed E-state index contributed by atoms with van der Waals surface area (Å²) in [7, 11) is -3.61. The van der Waals surface area contributed by atoms with Crippen molar-refractivity contribution in [1.29, 1.82) is 0 Å². The largest absolute Gasteiger partial charge is 0.354 e. The first-order valence-corrected chi connectivity index (χ1v) is 16.3. The van der Waals surface area contributed by atoms with E-state index in [9.17, 15) is 22.4 Å². The van der Waals surface area contributed by atoms with Gasteiger partial charge in [0.15, 0.2) is 0 Å². The molecule has 0 aromatic heterocycles. The molecule has 3 aromatic rings. The Morgan fingerprint density at radius 2 is 1.62 bits per heavy atom. The lowest BCUT2D eigenvalue weighted by Crippen LogP contribution is -2.50. The highest BCUT2D eigenvalue weighted by Gasteiger charge is 2.31. The molecule has 2 amide bonds. The standard InChI is InChI=1S/C33H42FN3O4S/c1-5-6-20-35-33(39)31(23-27-13-8-7-9-14-27)36(24-28-15-10-11-16-30(28)34)32(38)17-12-21-37(42(4,40)41)29-19-18-25(2)26(3)22-29/h7-11,13-16,18-19,22,31H,5-6,12,17,20-21,23-24H2,1-4H3,(H,35,39)/t31-/m0/s1. The van der Waals surface area contributed by atoms with E-state index in [4.69, 9.17) is 0 Å². The van der Waals surface area contributed by atoms with Gasteiger partial charge in [0.25, 0.3) is 0 Å². The molecule has 3 aromatic carbocycles. The Morgan fingerprint density at radius 1 is 0.929 bits per heavy atom. The summed E-state index contributed by atoms with van der Waals surface area (Å²) in [6, 6.07) is 20.2. The second kappa shape index (κ2) is 15.5. The molecule has 0 aliphatic heterocycles. The topological polar surface area (TPSA) is 86.8 Å². The third kappa shape index (κ3) is 9.41. The minimum Gasteiger partial charge on any atom is -0.354 e. The van der Waals surface area contributed by atoms with Crippen molar-refractivity contribution in [2.75, 3.05) is 23.7 Å². The molecule has 9 heteroatoms. The molecule has 1 N–H and O–H groups in total. The first-order valence-electron chi connectivity index (χ1n) is 14.4. The molecule has 0 saturated carbocycles. The maximum Gasteiger partial charge on any atom is 0.243 e. The average molecular weight is 596 g/mol. The molecule has 0 heterocycles. The highest BCUT2D eigenvalue weighted by atomic mass is 32.2. The highest BCUT2D eigenvalue weighted by molar-refractivity contribution is 7.92. The highest BCUT2D eigenvalue weighted by Crippen LogP contribution is 2.23. The number of anilines is 1. The van der Waals surface area contributed by atoms with Crippen LogP contribution >= 0.6 is 0 Å². The van der Waals surface area contributed by atoms with Crippen LogP contribution in [0.2, 0.25) is 0 Å². The van der Waals surface area contributed by atoms with E-state index in [1.54, 1.807) is 24.3 Å². The Morgan fingerprint density at radius 3 is 2.26 bits per heavy atom. The quantitative estimate of drug-likeness (QED) is 0.234. The van der Waals surface area contributed by atoms with Crippen molar-refractivity contribution in [3.05, 3.63) is 101 Å². The van der Waals surface area contributed by atoms with Crippen molar-refractivity contribution in [3.63, 3.8) is 0 Å². The van der Waals surface area contributed by atoms with Crippen LogP contribution in [0.15, 0.2) is 72.8 Å². The lowest BCUT2D eigenvalue weighted by atomic mass is 10.0. The zero-order valence-electron chi connectivity index (χ0n) is 25.0. The number of hydrogen-bond acceptors (Lipinski definition) is 4. The Balaban J connectivity index is 1.88. The van der Waals surface area contributed by atoms with Crippen molar-refractivity contribution in [3.8, 4) is 0 Å². The number of nitrogens with one attached hydrogen (secondary N) is 1. The number of amides is 2. The van der Waals surface area contributed by atoms with Gasteiger partial charge in [0.2, 0.25) is 21.8 Å². The van der Waals surface area contributed by atoms with Crippen molar-refractivity contribution in [1.82, 2.24) is 10.2 Å². The molecule has 7 nitrogen and oxygen atoms in total. The van der Waals surface area contributed by atoms with Crippen molar-refractivity contribution in [2.45, 2.75) is 65.5 Å². The van der Waals surface area contributed by atoms with Gasteiger partial charge < -0.3 is 10.2 Å². The maximum absolute atomic E-state index is 14.8. The fourth-order valence-corrected chi connectivity index (χ4v) is 5.71. The number of benzene rings is 3. The summed E-state index contributed by atoms with van der Waals surface area (Å²) in [5, 5.41) is 2.95. The van der Waals surface area contributed by atoms with Gasteiger partial charge >= 0.3 is 0 Å². The van der Waals surface area contributed by atoms with Gasteiger partial charge in [-0.1, -0.05) is 67.9 Å². The van der Waals surface area contributed by atoms with E-state index < -0.39 is 21.9 Å². The van der Waals surface area contributed by atoms with Crippen LogP contribution in [0.1, 0.15) is 54.9 Å². The Hall–Kier alpha value is -3.72. The summed E-state index contributed by atoms with van der Waals surface area (Å²) in [5.41, 5.74) is 3.73. The van der Waals surface area contributed by atoms with Crippen LogP contribution in [0.25, 0.3) is 0 Å². The molecule has 1 atom stereocenters. The number of halogens is 1. The van der Waals surface area contributed by atoms with E-state index in [-0.39, 0.29) is 44.2 Å². The van der Waals surface area contributed by atoms with Gasteiger partial charge in [-0.25, -0.2) is 12.8 Å². The summed E-state index contributed by atoms with van der Waals surface area (Å²) in [6.07, 6.45) is 3.31. The van der Waals surface area contributed by atoms with Crippen molar-refractivity contribution < 1.29 is 22.4 Å². The minimum atomic E-state index is -3.61. The number of unbranched alkanes of at least 4 members (excludes halogenated alkanes) is 1. The first kappa shape index (κ1) is 32.8. The van der Waals surface area contributed by atoms with Gasteiger partial charge in [-0.05, 0) is 61.6 Å². The van der Waals surface area contributed by atoms with E-state index in [1.807, 2.05) is 63.2 Å². The molecular weight excluding hydrogens is 553 g/mol. The minimum absolute atomic E-state index is 0.0150. The number of nitrogens with zero attached hydrogens (tertiary/aromatic N) is 2. The monoisotopic (exact) mass is 595 g/mol. The van der Waals surface area contributed by atoms with Crippen LogP contribution in [-0.2, 0) is 32.6 Å². The molecule has 0 fully saturated rings. The van der Waals surface area contributed by atoms with E-state index in [0.29, 0.717) is 17.8 Å². The lowest BCUT2D eigenvalue weighted by Gasteiger charge is -2.32. The second-order valence-electron chi connectivity index (χ2n) is 10.7. The van der Waals surface area contributed by atoms with Gasteiger partial charge in [0, 0.05) is 38.0 Å². The van der Waals surface area contributed by atoms with Crippen molar-refractivity contribution in [2.24, 2.45) is 0 Å². The molecule has 0 spiro atoms. The fraction of sp³-hybridized carbons (Fsp3) is 0.394. The average Bonchev–Trinajstić information content (AvgIpc) is 2.95. The number of rotatable bonds is 15. The van der Waals surface area contributed by atoms with Crippen LogP contribution in [0, 0.1) is 19.7 Å². The SMILES string of the molecule is CCCCNC(=O)[C@H](Cc1ccccc1)N(Cc1ccccc1F)C(=O)CCCN(c1ccc(C)c(C)c1)S(C)(=O)=O. The summed E-state index contributed by atoms with van der Waals surface area (Å²) >= 11 is 0. The lowest BCUT2D eigenvalue weighted by molar-refractivity contribution is -0.141. The van der Waals surface area contributed by atoms with E-state index in [0.717, 1.165) is 35.8 Å². The summed E-state index contributed by atoms with van der Waals surface area (Å²) in [5.74, 6) is -1.11. The van der Waals surface area contributed by atoms with Gasteiger partial charge in [0.05, 0.1) is 11.9 Å². The van der Waals surface area contributed by atoms with Gasteiger partial charge in [-0.3, -0.25) is 13.9 Å². The van der Waals surface area contributed by atoms with Crippen LogP contribution < -0.4 is 9.62 Å². The molecular formula is C33H42FN3O4S. The van der Waals surface area contributed by atoms with E-state index in [1.165, 1.54) is 15.3 Å². The van der Waals surface area contributed by atoms with E-state index in [2.05, 4.69) is 5.32 Å². The molecule has 0 unspecified atom stereocenters. The van der Waals surface area contributed by atoms with Crippen LogP contribution in [-0.4, -0.2) is 50.5 Å². The van der Waals surface area contributed by atoms with E-state index >= 15 is 0 Å². The zero-order chi connectivity index (χ0) is 30.7. The molecule has 42 heavy (non-hydrogen) atoms. The molecule has 0 aliphatic rings. The smallest absolute Gasteiger partial charge is 0.243 e. The second-order valence-corrected chi connectivity index (χ2v) is 12.6. The molecule has 0 saturated heterocycles. The molecule has 3 rings (SSSR count). The molecule has 226 valence electrons. The predicted molar refractivity (Wildman–Crippen MR) is 166 cm³/mol. The van der Waals surface area contributed by atoms with Crippen LogP contribution in [0.5, 0.6) is 0 Å². The number of aryl methyl sites for hydroxylation is 2. The summed E-state index contributed by atoms with van der Waals surface area (Å²) < 4.78 is 41.4. The summed E-state index contributed by atoms with van der Waals surface area (Å²) in [6.45, 7) is 6.38. The first-order chi connectivity index (χ1) is 20.0. The molecule has 0 aliphatic carbocycles. The third-order valence-electron chi connectivity index (χ3n) is 7.33. The molecule has 0 bridgehead atoms. The van der Waals surface area contributed by atoms with Crippen LogP contribution in [0.4, 0.5) is 10.1 Å². The van der Waals surface area contributed by atoms with Crippen molar-refractivity contribution >= 4 is 27.5 Å². The Kier molecular flexibility index (Phi) is 12.1. The number of sulfonamides is 1. The van der Waals surface area contributed by atoms with Crippen LogP contribution in [0.3, 0.4) is 0 Å². The summed E-state index contributed by atoms with van der Waals surface area (Å²) in [4.78, 5) is 28.8. The number of carbonyl (C=O) groups is 2. The van der Waals surface area contributed by atoms with Gasteiger partial charge in [0.1, 0.15) is 11.9 Å². The maximum atomic E-state index is 14.8.